The Bertz CT molecular complexity index is 206. The van der Waals surface area contributed by atoms with Crippen molar-refractivity contribution in [3.8, 4) is 0 Å². The van der Waals surface area contributed by atoms with Gasteiger partial charge in [0, 0.05) is 46.8 Å². The second-order valence-electron chi connectivity index (χ2n) is 4.13. The van der Waals surface area contributed by atoms with Crippen molar-refractivity contribution >= 4 is 5.84 Å². The van der Waals surface area contributed by atoms with Crippen LogP contribution in [0.15, 0.2) is 0 Å². The van der Waals surface area contributed by atoms with Crippen molar-refractivity contribution in [1.29, 1.82) is 5.41 Å². The molecule has 0 aromatic heterocycles. The molecular weight excluding hydrogens is 164 g/mol. The number of likely N-dealkylation sites (N-methyl/N-ethyl adjacent to an activating group) is 1. The van der Waals surface area contributed by atoms with Crippen LogP contribution < -0.4 is 0 Å². The van der Waals surface area contributed by atoms with Gasteiger partial charge in [-0.2, -0.15) is 0 Å². The lowest BCUT2D eigenvalue weighted by Crippen LogP contribution is -2.64. The van der Waals surface area contributed by atoms with Gasteiger partial charge in [0.25, 0.3) is 0 Å². The molecule has 0 aliphatic carbocycles. The Morgan fingerprint density at radius 1 is 1.23 bits per heavy atom. The van der Waals surface area contributed by atoms with Crippen LogP contribution in [0.5, 0.6) is 0 Å². The smallest absolute Gasteiger partial charge is 0.114 e. The van der Waals surface area contributed by atoms with Gasteiger partial charge in [-0.3, -0.25) is 15.2 Å². The highest BCUT2D eigenvalue weighted by atomic mass is 15.4. The first kappa shape index (κ1) is 8.97. The third-order valence-electron chi connectivity index (χ3n) is 3.08. The topological polar surface area (TPSA) is 33.6 Å². The summed E-state index contributed by atoms with van der Waals surface area (Å²) in [7, 11) is 3.92. The van der Waals surface area contributed by atoms with Crippen molar-refractivity contribution in [2.75, 3.05) is 46.8 Å². The fraction of sp³-hybridized carbons (Fsp3) is 0.889. The van der Waals surface area contributed by atoms with E-state index in [1.807, 2.05) is 19.0 Å². The number of fused-ring (bicyclic) bond motifs is 3. The largest absolute Gasteiger partial charge is 0.365 e. The zero-order valence-electron chi connectivity index (χ0n) is 8.45. The van der Waals surface area contributed by atoms with Crippen molar-refractivity contribution < 1.29 is 0 Å². The molecular formula is C9H18N4. The van der Waals surface area contributed by atoms with Gasteiger partial charge in [-0.05, 0) is 0 Å². The monoisotopic (exact) mass is 182 g/mol. The van der Waals surface area contributed by atoms with Gasteiger partial charge in [0.2, 0.25) is 0 Å². The molecule has 0 radical (unpaired) electrons. The molecule has 1 atom stereocenters. The Morgan fingerprint density at radius 3 is 2.23 bits per heavy atom. The van der Waals surface area contributed by atoms with Crippen molar-refractivity contribution in [3.05, 3.63) is 0 Å². The summed E-state index contributed by atoms with van der Waals surface area (Å²) >= 11 is 0. The van der Waals surface area contributed by atoms with Crippen molar-refractivity contribution in [1.82, 2.24) is 14.7 Å². The van der Waals surface area contributed by atoms with Gasteiger partial charge in [-0.1, -0.05) is 0 Å². The molecule has 3 fully saturated rings. The van der Waals surface area contributed by atoms with E-state index in [9.17, 15) is 0 Å². The minimum Gasteiger partial charge on any atom is -0.365 e. The molecule has 0 spiro atoms. The first-order valence-corrected chi connectivity index (χ1v) is 4.90. The van der Waals surface area contributed by atoms with Gasteiger partial charge in [-0.25, -0.2) is 0 Å². The van der Waals surface area contributed by atoms with Crippen LogP contribution >= 0.6 is 0 Å². The van der Waals surface area contributed by atoms with E-state index in [0.29, 0.717) is 6.04 Å². The van der Waals surface area contributed by atoms with E-state index in [4.69, 9.17) is 5.41 Å². The normalized spacial score (nSPS) is 37.5. The highest BCUT2D eigenvalue weighted by Crippen LogP contribution is 2.16. The zero-order valence-corrected chi connectivity index (χ0v) is 8.45. The van der Waals surface area contributed by atoms with E-state index in [-0.39, 0.29) is 0 Å². The molecule has 3 aliphatic rings. The minimum atomic E-state index is 0.345. The van der Waals surface area contributed by atoms with Crippen LogP contribution in [0.25, 0.3) is 0 Å². The zero-order chi connectivity index (χ0) is 9.42. The van der Waals surface area contributed by atoms with Gasteiger partial charge in [0.05, 0.1) is 6.04 Å². The average molecular weight is 182 g/mol. The number of nitrogens with one attached hydrogen (secondary N) is 1. The maximum atomic E-state index is 7.95. The van der Waals surface area contributed by atoms with Gasteiger partial charge in [-0.15, -0.1) is 0 Å². The van der Waals surface area contributed by atoms with E-state index in [1.165, 1.54) is 13.1 Å². The second kappa shape index (κ2) is 3.27. The molecule has 0 aromatic rings. The molecule has 4 nitrogen and oxygen atoms in total. The predicted molar refractivity (Wildman–Crippen MR) is 53.2 cm³/mol. The summed E-state index contributed by atoms with van der Waals surface area (Å²) in [6.07, 6.45) is 0. The molecule has 4 heteroatoms. The highest BCUT2D eigenvalue weighted by Gasteiger charge is 2.34. The van der Waals surface area contributed by atoms with Crippen LogP contribution in [0.3, 0.4) is 0 Å². The van der Waals surface area contributed by atoms with E-state index >= 15 is 0 Å². The quantitative estimate of drug-likeness (QED) is 0.439. The third-order valence-corrected chi connectivity index (χ3v) is 3.08. The summed E-state index contributed by atoms with van der Waals surface area (Å²) in [5, 5.41) is 7.95. The van der Waals surface area contributed by atoms with Gasteiger partial charge in [0.15, 0.2) is 0 Å². The molecule has 2 bridgehead atoms. The summed E-state index contributed by atoms with van der Waals surface area (Å²) < 4.78 is 0. The van der Waals surface area contributed by atoms with Gasteiger partial charge >= 0.3 is 0 Å². The fourth-order valence-corrected chi connectivity index (χ4v) is 2.18. The number of amidine groups is 1. The molecule has 3 rings (SSSR count). The average Bonchev–Trinajstić information content (AvgIpc) is 2.18. The van der Waals surface area contributed by atoms with Gasteiger partial charge < -0.3 is 4.90 Å². The summed E-state index contributed by atoms with van der Waals surface area (Å²) in [6.45, 7) is 5.72. The molecule has 3 heterocycles. The maximum absolute atomic E-state index is 7.95. The molecule has 0 aromatic carbocycles. The van der Waals surface area contributed by atoms with Crippen LogP contribution in [-0.4, -0.2) is 73.4 Å². The van der Waals surface area contributed by atoms with Crippen molar-refractivity contribution in [2.24, 2.45) is 0 Å². The molecule has 3 aliphatic heterocycles. The number of piperazine rings is 3. The summed E-state index contributed by atoms with van der Waals surface area (Å²) in [5.74, 6) is 0.754. The van der Waals surface area contributed by atoms with Crippen LogP contribution in [0, 0.1) is 5.41 Å². The number of hydrogen-bond acceptors (Lipinski definition) is 3. The molecule has 13 heavy (non-hydrogen) atoms. The van der Waals surface area contributed by atoms with Gasteiger partial charge in [0.1, 0.15) is 5.84 Å². The third kappa shape index (κ3) is 1.56. The number of hydrogen-bond donors (Lipinski definition) is 1. The van der Waals surface area contributed by atoms with Crippen LogP contribution in [0.4, 0.5) is 0 Å². The fourth-order valence-electron chi connectivity index (χ4n) is 2.18. The van der Waals surface area contributed by atoms with Crippen LogP contribution in [0.2, 0.25) is 0 Å². The predicted octanol–water partition coefficient (Wildman–Crippen LogP) is -0.475. The number of nitrogens with zero attached hydrogens (tertiary/aromatic N) is 3. The summed E-state index contributed by atoms with van der Waals surface area (Å²) in [4.78, 5) is 6.82. The maximum Gasteiger partial charge on any atom is 0.114 e. The summed E-state index contributed by atoms with van der Waals surface area (Å²) in [5.41, 5.74) is 0. The number of rotatable bonds is 1. The van der Waals surface area contributed by atoms with Crippen LogP contribution in [-0.2, 0) is 0 Å². The standard InChI is InChI=1S/C9H18N4/c1-11(2)9(10)8-7-12-3-5-13(8)6-4-12/h8,10H,3-7H2,1-2H3. The Labute approximate surface area is 79.6 Å². The van der Waals surface area contributed by atoms with E-state index in [0.717, 1.165) is 25.5 Å². The molecule has 0 saturated carbocycles. The molecule has 3 saturated heterocycles. The van der Waals surface area contributed by atoms with E-state index in [1.54, 1.807) is 0 Å². The Morgan fingerprint density at radius 2 is 1.85 bits per heavy atom. The minimum absolute atomic E-state index is 0.345. The Balaban J connectivity index is 2.04. The Kier molecular flexibility index (Phi) is 2.26. The molecule has 0 amide bonds. The molecule has 1 unspecified atom stereocenters. The lowest BCUT2D eigenvalue weighted by molar-refractivity contribution is 0.0369. The Hall–Kier alpha value is -0.610. The first-order valence-electron chi connectivity index (χ1n) is 4.90. The summed E-state index contributed by atoms with van der Waals surface area (Å²) in [6, 6.07) is 0.345. The molecule has 74 valence electrons. The lowest BCUT2D eigenvalue weighted by Gasteiger charge is -2.48. The van der Waals surface area contributed by atoms with Crippen LogP contribution in [0.1, 0.15) is 0 Å². The molecule has 1 N–H and O–H groups in total. The highest BCUT2D eigenvalue weighted by molar-refractivity contribution is 5.84. The van der Waals surface area contributed by atoms with Crippen molar-refractivity contribution in [3.63, 3.8) is 0 Å². The van der Waals surface area contributed by atoms with Crippen molar-refractivity contribution in [2.45, 2.75) is 6.04 Å². The van der Waals surface area contributed by atoms with E-state index in [2.05, 4.69) is 9.80 Å². The lowest BCUT2D eigenvalue weighted by atomic mass is 10.1. The SMILES string of the molecule is CN(C)C(=N)C1CN2CCN1CC2. The second-order valence-corrected chi connectivity index (χ2v) is 4.13. The first-order chi connectivity index (χ1) is 6.18. The van der Waals surface area contributed by atoms with E-state index < -0.39 is 0 Å².